The van der Waals surface area contributed by atoms with Gasteiger partial charge in [0.25, 0.3) is 0 Å². The molecule has 0 saturated carbocycles. The van der Waals surface area contributed by atoms with E-state index < -0.39 is 0 Å². The van der Waals surface area contributed by atoms with Gasteiger partial charge in [0.15, 0.2) is 0 Å². The first-order valence-corrected chi connectivity index (χ1v) is 4.83. The van der Waals surface area contributed by atoms with Crippen LogP contribution in [0.2, 0.25) is 0 Å². The fraction of sp³-hybridized carbons (Fsp3) is 0.154. The molecule has 71 valence electrons. The van der Waals surface area contributed by atoms with Crippen LogP contribution in [0.3, 0.4) is 0 Å². The molecular formula is C13H14N. The molecule has 0 N–H and O–H groups in total. The third-order valence-electron chi connectivity index (χ3n) is 2.45. The monoisotopic (exact) mass is 184 g/mol. The summed E-state index contributed by atoms with van der Waals surface area (Å²) in [6, 6.07) is 12.6. The molecule has 0 spiro atoms. The van der Waals surface area contributed by atoms with Gasteiger partial charge in [0.1, 0.15) is 0 Å². The highest BCUT2D eigenvalue weighted by Crippen LogP contribution is 2.23. The lowest BCUT2D eigenvalue weighted by Crippen LogP contribution is -1.95. The number of benzene rings is 1. The Morgan fingerprint density at radius 3 is 2.50 bits per heavy atom. The fourth-order valence-electron chi connectivity index (χ4n) is 1.76. The van der Waals surface area contributed by atoms with Crippen LogP contribution >= 0.6 is 0 Å². The summed E-state index contributed by atoms with van der Waals surface area (Å²) < 4.78 is 2.17. The minimum atomic E-state index is 0.776. The lowest BCUT2D eigenvalue weighted by Gasteiger charge is -2.07. The van der Waals surface area contributed by atoms with Crippen molar-refractivity contribution in [3.8, 4) is 11.3 Å². The topological polar surface area (TPSA) is 4.93 Å². The molecule has 1 aromatic carbocycles. The van der Waals surface area contributed by atoms with Gasteiger partial charge in [-0.25, -0.2) is 0 Å². The molecule has 0 amide bonds. The van der Waals surface area contributed by atoms with Crippen molar-refractivity contribution in [2.75, 3.05) is 0 Å². The minimum Gasteiger partial charge on any atom is -0.347 e. The van der Waals surface area contributed by atoms with Crippen molar-refractivity contribution in [3.63, 3.8) is 0 Å². The summed E-state index contributed by atoms with van der Waals surface area (Å²) in [7, 11) is 0. The van der Waals surface area contributed by atoms with Crippen LogP contribution < -0.4 is 0 Å². The number of hydrogen-bond acceptors (Lipinski definition) is 0. The first-order valence-electron chi connectivity index (χ1n) is 4.83. The van der Waals surface area contributed by atoms with Crippen molar-refractivity contribution in [1.29, 1.82) is 0 Å². The predicted molar refractivity (Wildman–Crippen MR) is 60.0 cm³/mol. The highest BCUT2D eigenvalue weighted by molar-refractivity contribution is 5.63. The first kappa shape index (κ1) is 9.07. The zero-order chi connectivity index (χ0) is 9.97. The van der Waals surface area contributed by atoms with E-state index in [1.54, 1.807) is 0 Å². The van der Waals surface area contributed by atoms with Gasteiger partial charge in [-0.3, -0.25) is 0 Å². The minimum absolute atomic E-state index is 0.776. The summed E-state index contributed by atoms with van der Waals surface area (Å²) in [4.78, 5) is 0. The summed E-state index contributed by atoms with van der Waals surface area (Å²) in [5.74, 6) is 0. The molecule has 0 atom stereocenters. The molecule has 0 bridgehead atoms. The van der Waals surface area contributed by atoms with E-state index in [4.69, 9.17) is 0 Å². The zero-order valence-corrected chi connectivity index (χ0v) is 8.40. The Kier molecular flexibility index (Phi) is 2.40. The lowest BCUT2D eigenvalue weighted by molar-refractivity contribution is 0.834. The van der Waals surface area contributed by atoms with Gasteiger partial charge in [-0.1, -0.05) is 30.3 Å². The van der Waals surface area contributed by atoms with Crippen molar-refractivity contribution in [1.82, 2.24) is 4.57 Å². The van der Waals surface area contributed by atoms with Crippen molar-refractivity contribution in [3.05, 3.63) is 55.1 Å². The van der Waals surface area contributed by atoms with Gasteiger partial charge in [-0.2, -0.15) is 0 Å². The van der Waals surface area contributed by atoms with E-state index >= 15 is 0 Å². The second-order valence-corrected chi connectivity index (χ2v) is 3.41. The number of rotatable bonds is 2. The van der Waals surface area contributed by atoms with Crippen LogP contribution in [0, 0.1) is 13.8 Å². The molecule has 0 aliphatic carbocycles. The Morgan fingerprint density at radius 2 is 1.86 bits per heavy atom. The molecule has 0 fully saturated rings. The molecule has 1 aromatic heterocycles. The van der Waals surface area contributed by atoms with Gasteiger partial charge in [0.2, 0.25) is 0 Å². The molecule has 0 unspecified atom stereocenters. The van der Waals surface area contributed by atoms with Crippen LogP contribution in [-0.2, 0) is 6.54 Å². The number of hydrogen-bond donors (Lipinski definition) is 0. The zero-order valence-electron chi connectivity index (χ0n) is 8.40. The van der Waals surface area contributed by atoms with Crippen LogP contribution in [0.4, 0.5) is 0 Å². The van der Waals surface area contributed by atoms with E-state index in [1.165, 1.54) is 16.8 Å². The maximum absolute atomic E-state index is 3.92. The fourth-order valence-corrected chi connectivity index (χ4v) is 1.76. The van der Waals surface area contributed by atoms with Gasteiger partial charge >= 0.3 is 0 Å². The average Bonchev–Trinajstić information content (AvgIpc) is 2.61. The Bertz CT molecular complexity index is 412. The third-order valence-corrected chi connectivity index (χ3v) is 2.45. The largest absolute Gasteiger partial charge is 0.347 e. The summed E-state index contributed by atoms with van der Waals surface area (Å²) in [6.07, 6.45) is 2.09. The number of aromatic nitrogens is 1. The highest BCUT2D eigenvalue weighted by Gasteiger charge is 2.05. The van der Waals surface area contributed by atoms with Crippen LogP contribution in [0.25, 0.3) is 11.3 Å². The predicted octanol–water partition coefficient (Wildman–Crippen LogP) is 3.30. The molecule has 1 nitrogen and oxygen atoms in total. The van der Waals surface area contributed by atoms with E-state index in [2.05, 4.69) is 54.9 Å². The van der Waals surface area contributed by atoms with Gasteiger partial charge in [0, 0.05) is 12.7 Å². The van der Waals surface area contributed by atoms with Crippen LogP contribution in [0.1, 0.15) is 5.56 Å². The molecule has 0 aliphatic rings. The highest BCUT2D eigenvalue weighted by atomic mass is 15.0. The van der Waals surface area contributed by atoms with Gasteiger partial charge < -0.3 is 4.57 Å². The molecule has 14 heavy (non-hydrogen) atoms. The van der Waals surface area contributed by atoms with E-state index in [0.717, 1.165) is 6.54 Å². The van der Waals surface area contributed by atoms with Crippen molar-refractivity contribution in [2.24, 2.45) is 0 Å². The maximum Gasteiger partial charge on any atom is 0.0509 e. The van der Waals surface area contributed by atoms with Gasteiger partial charge in [-0.05, 0) is 31.0 Å². The molecule has 0 saturated heterocycles. The van der Waals surface area contributed by atoms with E-state index in [-0.39, 0.29) is 0 Å². The SMILES string of the molecule is [CH2]Cn1ccc(C)c1-c1ccccc1. The number of aryl methyl sites for hydroxylation is 1. The second-order valence-electron chi connectivity index (χ2n) is 3.41. The molecule has 1 heterocycles. The van der Waals surface area contributed by atoms with E-state index in [0.29, 0.717) is 0 Å². The summed E-state index contributed by atoms with van der Waals surface area (Å²) in [6.45, 7) is 6.83. The molecule has 1 radical (unpaired) electrons. The van der Waals surface area contributed by atoms with Gasteiger partial charge in [0.05, 0.1) is 5.69 Å². The summed E-state index contributed by atoms with van der Waals surface area (Å²) in [5, 5.41) is 0. The quantitative estimate of drug-likeness (QED) is 0.675. The number of nitrogens with zero attached hydrogens (tertiary/aromatic N) is 1. The lowest BCUT2D eigenvalue weighted by atomic mass is 10.1. The van der Waals surface area contributed by atoms with Crippen LogP contribution in [-0.4, -0.2) is 4.57 Å². The molecule has 2 aromatic rings. The maximum atomic E-state index is 3.92. The van der Waals surface area contributed by atoms with E-state index in [1.807, 2.05) is 6.07 Å². The second kappa shape index (κ2) is 3.70. The normalized spacial score (nSPS) is 10.4. The van der Waals surface area contributed by atoms with Gasteiger partial charge in [-0.15, -0.1) is 0 Å². The molecule has 2 rings (SSSR count). The molecular weight excluding hydrogens is 170 g/mol. The average molecular weight is 184 g/mol. The van der Waals surface area contributed by atoms with Crippen molar-refractivity contribution in [2.45, 2.75) is 13.5 Å². The Morgan fingerprint density at radius 1 is 1.14 bits per heavy atom. The van der Waals surface area contributed by atoms with Crippen LogP contribution in [0.5, 0.6) is 0 Å². The van der Waals surface area contributed by atoms with Crippen molar-refractivity contribution < 1.29 is 0 Å². The smallest absolute Gasteiger partial charge is 0.0509 e. The summed E-state index contributed by atoms with van der Waals surface area (Å²) >= 11 is 0. The Labute approximate surface area is 85.0 Å². The Hall–Kier alpha value is -1.50. The molecule has 1 heteroatoms. The summed E-state index contributed by atoms with van der Waals surface area (Å²) in [5.41, 5.74) is 3.85. The van der Waals surface area contributed by atoms with Crippen molar-refractivity contribution >= 4 is 0 Å². The molecule has 0 aliphatic heterocycles. The Balaban J connectivity index is 2.55. The van der Waals surface area contributed by atoms with Crippen LogP contribution in [0.15, 0.2) is 42.6 Å². The van der Waals surface area contributed by atoms with E-state index in [9.17, 15) is 0 Å². The standard InChI is InChI=1S/C13H14N/c1-3-14-10-9-11(2)13(14)12-7-5-4-6-8-12/h4-10H,1,3H2,2H3. The third kappa shape index (κ3) is 1.46. The first-order chi connectivity index (χ1) is 6.83.